The molecule has 2 heterocycles. The minimum atomic E-state index is -0.111. The summed E-state index contributed by atoms with van der Waals surface area (Å²) in [5.74, 6) is 0.748. The zero-order chi connectivity index (χ0) is 19.9. The zero-order valence-electron chi connectivity index (χ0n) is 16.6. The molecule has 1 saturated heterocycles. The van der Waals surface area contributed by atoms with Crippen LogP contribution in [0.15, 0.2) is 47.1 Å². The number of likely N-dealkylation sites (tertiary alicyclic amines) is 1. The van der Waals surface area contributed by atoms with E-state index < -0.39 is 0 Å². The van der Waals surface area contributed by atoms with E-state index in [0.717, 1.165) is 17.7 Å². The normalized spacial score (nSPS) is 15.9. The Balaban J connectivity index is 1.43. The lowest BCUT2D eigenvalue weighted by Gasteiger charge is -2.32. The Hall–Kier alpha value is -2.76. The highest BCUT2D eigenvalue weighted by atomic mass is 16.3. The van der Waals surface area contributed by atoms with Gasteiger partial charge in [0.15, 0.2) is 0 Å². The summed E-state index contributed by atoms with van der Waals surface area (Å²) in [6.07, 6.45) is 3.96. The monoisotopic (exact) mass is 383 g/mol. The van der Waals surface area contributed by atoms with Crippen LogP contribution in [-0.2, 0) is 17.8 Å². The Bertz CT molecular complexity index is 763. The first-order chi connectivity index (χ1) is 13.6. The van der Waals surface area contributed by atoms with Crippen molar-refractivity contribution >= 4 is 11.9 Å². The number of hydrogen-bond donors (Lipinski definition) is 2. The standard InChI is InChI=1S/C22H29N3O3/c1-3-17-6-8-18(9-7-17)16(2)24-21(26)19-10-12-25(13-11-19)22(27)23-15-20-5-4-14-28-20/h4-9,14,16,19H,3,10-13,15H2,1-2H3,(H,23,27)(H,24,26)/t16-/m0/s1. The highest BCUT2D eigenvalue weighted by Gasteiger charge is 2.28. The first-order valence-electron chi connectivity index (χ1n) is 10.0. The van der Waals surface area contributed by atoms with E-state index in [1.165, 1.54) is 5.56 Å². The van der Waals surface area contributed by atoms with Crippen LogP contribution in [0.3, 0.4) is 0 Å². The third kappa shape index (κ3) is 5.15. The average Bonchev–Trinajstić information content (AvgIpc) is 3.25. The lowest BCUT2D eigenvalue weighted by molar-refractivity contribution is -0.126. The molecule has 28 heavy (non-hydrogen) atoms. The number of carbonyl (C=O) groups excluding carboxylic acids is 2. The molecule has 1 aromatic carbocycles. The van der Waals surface area contributed by atoms with Crippen LogP contribution < -0.4 is 10.6 Å². The molecule has 3 rings (SSSR count). The molecular formula is C22H29N3O3. The van der Waals surface area contributed by atoms with Gasteiger partial charge in [-0.25, -0.2) is 4.79 Å². The van der Waals surface area contributed by atoms with Crippen LogP contribution in [0, 0.1) is 5.92 Å². The SMILES string of the molecule is CCc1ccc([C@H](C)NC(=O)C2CCN(C(=O)NCc3ccco3)CC2)cc1. The molecule has 2 N–H and O–H groups in total. The van der Waals surface area contributed by atoms with Gasteiger partial charge < -0.3 is 20.0 Å². The summed E-state index contributed by atoms with van der Waals surface area (Å²) < 4.78 is 5.22. The molecule has 6 nitrogen and oxygen atoms in total. The van der Waals surface area contributed by atoms with E-state index in [1.807, 2.05) is 13.0 Å². The molecule has 0 bridgehead atoms. The van der Waals surface area contributed by atoms with E-state index in [4.69, 9.17) is 4.42 Å². The number of nitrogens with one attached hydrogen (secondary N) is 2. The number of urea groups is 1. The maximum atomic E-state index is 12.6. The fourth-order valence-corrected chi connectivity index (χ4v) is 3.49. The van der Waals surface area contributed by atoms with Crippen molar-refractivity contribution in [2.45, 2.75) is 45.7 Å². The first-order valence-corrected chi connectivity index (χ1v) is 10.0. The summed E-state index contributed by atoms with van der Waals surface area (Å²) in [7, 11) is 0. The number of furan rings is 1. The molecule has 1 atom stereocenters. The van der Waals surface area contributed by atoms with Gasteiger partial charge in [0.25, 0.3) is 0 Å². The van der Waals surface area contributed by atoms with Gasteiger partial charge in [0.2, 0.25) is 5.91 Å². The van der Waals surface area contributed by atoms with Gasteiger partial charge in [0.1, 0.15) is 5.76 Å². The van der Waals surface area contributed by atoms with Crippen LogP contribution in [0.2, 0.25) is 0 Å². The van der Waals surface area contributed by atoms with Crippen molar-refractivity contribution in [2.24, 2.45) is 5.92 Å². The van der Waals surface area contributed by atoms with Crippen molar-refractivity contribution in [2.75, 3.05) is 13.1 Å². The van der Waals surface area contributed by atoms with Crippen LogP contribution in [0.5, 0.6) is 0 Å². The lowest BCUT2D eigenvalue weighted by atomic mass is 9.95. The summed E-state index contributed by atoms with van der Waals surface area (Å²) in [5.41, 5.74) is 2.40. The van der Waals surface area contributed by atoms with Crippen molar-refractivity contribution in [3.63, 3.8) is 0 Å². The third-order valence-corrected chi connectivity index (χ3v) is 5.39. The Labute approximate surface area is 166 Å². The minimum Gasteiger partial charge on any atom is -0.467 e. The second kappa shape index (κ2) is 9.44. The Morgan fingerprint density at radius 3 is 2.50 bits per heavy atom. The summed E-state index contributed by atoms with van der Waals surface area (Å²) in [6.45, 7) is 5.68. The summed E-state index contributed by atoms with van der Waals surface area (Å²) in [5, 5.41) is 5.98. The van der Waals surface area contributed by atoms with Gasteiger partial charge in [-0.2, -0.15) is 0 Å². The van der Waals surface area contributed by atoms with Crippen LogP contribution in [0.4, 0.5) is 4.79 Å². The van der Waals surface area contributed by atoms with Crippen LogP contribution in [0.1, 0.15) is 49.6 Å². The molecule has 3 amide bonds. The van der Waals surface area contributed by atoms with Crippen LogP contribution in [-0.4, -0.2) is 29.9 Å². The highest BCUT2D eigenvalue weighted by Crippen LogP contribution is 2.20. The molecule has 1 aliphatic heterocycles. The molecule has 0 unspecified atom stereocenters. The fraction of sp³-hybridized carbons (Fsp3) is 0.455. The molecule has 0 saturated carbocycles. The predicted octanol–water partition coefficient (Wildman–Crippen LogP) is 3.64. The van der Waals surface area contributed by atoms with E-state index in [2.05, 4.69) is 41.8 Å². The minimum absolute atomic E-state index is 0.0203. The smallest absolute Gasteiger partial charge is 0.317 e. The highest BCUT2D eigenvalue weighted by molar-refractivity contribution is 5.80. The second-order valence-electron chi connectivity index (χ2n) is 7.32. The fourth-order valence-electron chi connectivity index (χ4n) is 3.49. The van der Waals surface area contributed by atoms with Gasteiger partial charge in [-0.15, -0.1) is 0 Å². The molecule has 0 radical (unpaired) electrons. The largest absolute Gasteiger partial charge is 0.467 e. The number of amides is 3. The number of hydrogen-bond acceptors (Lipinski definition) is 3. The molecule has 1 aliphatic rings. The Morgan fingerprint density at radius 1 is 1.18 bits per heavy atom. The van der Waals surface area contributed by atoms with Crippen molar-refractivity contribution in [1.82, 2.24) is 15.5 Å². The molecule has 150 valence electrons. The van der Waals surface area contributed by atoms with E-state index in [0.29, 0.717) is 32.5 Å². The topological polar surface area (TPSA) is 74.6 Å². The first kappa shape index (κ1) is 20.0. The lowest BCUT2D eigenvalue weighted by Crippen LogP contribution is -2.46. The van der Waals surface area contributed by atoms with Crippen LogP contribution >= 0.6 is 0 Å². The van der Waals surface area contributed by atoms with E-state index in [9.17, 15) is 9.59 Å². The van der Waals surface area contributed by atoms with Gasteiger partial charge in [-0.3, -0.25) is 4.79 Å². The van der Waals surface area contributed by atoms with Crippen molar-refractivity contribution < 1.29 is 14.0 Å². The molecule has 6 heteroatoms. The zero-order valence-corrected chi connectivity index (χ0v) is 16.6. The number of carbonyl (C=O) groups is 2. The van der Waals surface area contributed by atoms with Gasteiger partial charge in [-0.1, -0.05) is 31.2 Å². The van der Waals surface area contributed by atoms with Crippen molar-refractivity contribution in [3.05, 3.63) is 59.5 Å². The summed E-state index contributed by atoms with van der Waals surface area (Å²) in [6, 6.07) is 11.9. The van der Waals surface area contributed by atoms with E-state index in [1.54, 1.807) is 17.2 Å². The second-order valence-corrected chi connectivity index (χ2v) is 7.32. The van der Waals surface area contributed by atoms with E-state index >= 15 is 0 Å². The Kier molecular flexibility index (Phi) is 6.74. The number of rotatable bonds is 6. The summed E-state index contributed by atoms with van der Waals surface area (Å²) >= 11 is 0. The number of nitrogens with zero attached hydrogens (tertiary/aromatic N) is 1. The molecule has 1 aromatic heterocycles. The number of benzene rings is 1. The maximum Gasteiger partial charge on any atom is 0.317 e. The van der Waals surface area contributed by atoms with Crippen molar-refractivity contribution in [1.29, 1.82) is 0 Å². The van der Waals surface area contributed by atoms with Crippen molar-refractivity contribution in [3.8, 4) is 0 Å². The molecular weight excluding hydrogens is 354 g/mol. The summed E-state index contributed by atoms with van der Waals surface area (Å²) in [4.78, 5) is 26.6. The molecule has 0 spiro atoms. The molecule has 0 aliphatic carbocycles. The maximum absolute atomic E-state index is 12.6. The number of piperidine rings is 1. The molecule has 2 aromatic rings. The number of aryl methyl sites for hydroxylation is 1. The quantitative estimate of drug-likeness (QED) is 0.800. The molecule has 1 fully saturated rings. The van der Waals surface area contributed by atoms with Gasteiger partial charge in [-0.05, 0) is 49.4 Å². The Morgan fingerprint density at radius 2 is 1.89 bits per heavy atom. The average molecular weight is 383 g/mol. The van der Waals surface area contributed by atoms with E-state index in [-0.39, 0.29) is 23.9 Å². The van der Waals surface area contributed by atoms with Crippen LogP contribution in [0.25, 0.3) is 0 Å². The predicted molar refractivity (Wildman–Crippen MR) is 108 cm³/mol. The van der Waals surface area contributed by atoms with Gasteiger partial charge in [0.05, 0.1) is 18.8 Å². The third-order valence-electron chi connectivity index (χ3n) is 5.39. The van der Waals surface area contributed by atoms with Gasteiger partial charge >= 0.3 is 6.03 Å². The van der Waals surface area contributed by atoms with Gasteiger partial charge in [0, 0.05) is 19.0 Å².